The molecule has 0 aromatic heterocycles. The maximum atomic E-state index is 12.3. The van der Waals surface area contributed by atoms with Crippen molar-refractivity contribution in [1.82, 2.24) is 0 Å². The van der Waals surface area contributed by atoms with E-state index in [1.807, 2.05) is 24.3 Å². The van der Waals surface area contributed by atoms with Gasteiger partial charge in [0.25, 0.3) is 0 Å². The molecular formula is C33H40IO4+. The summed E-state index contributed by atoms with van der Waals surface area (Å²) in [6, 6.07) is 23.2. The van der Waals surface area contributed by atoms with Gasteiger partial charge in [0, 0.05) is 5.56 Å². The Labute approximate surface area is 238 Å². The highest BCUT2D eigenvalue weighted by Gasteiger charge is 2.35. The van der Waals surface area contributed by atoms with E-state index < -0.39 is 0 Å². The van der Waals surface area contributed by atoms with Crippen molar-refractivity contribution in [1.29, 1.82) is 0 Å². The number of carbonyl (C=O) groups is 1. The second kappa shape index (κ2) is 12.5. The number of aryl methyl sites for hydroxylation is 1. The van der Waals surface area contributed by atoms with Crippen molar-refractivity contribution in [3.05, 3.63) is 90.6 Å². The molecule has 3 aromatic carbocycles. The van der Waals surface area contributed by atoms with Crippen molar-refractivity contribution in [3.63, 3.8) is 0 Å². The third kappa shape index (κ3) is 7.75. The van der Waals surface area contributed by atoms with E-state index in [2.05, 4.69) is 77.1 Å². The summed E-state index contributed by atoms with van der Waals surface area (Å²) in [5.74, 6) is 1.24. The highest BCUT2D eigenvalue weighted by Crippen LogP contribution is 2.36. The average molecular weight is 628 g/mol. The molecular weight excluding hydrogens is 587 g/mol. The van der Waals surface area contributed by atoms with Crippen LogP contribution in [0.2, 0.25) is 0 Å². The summed E-state index contributed by atoms with van der Waals surface area (Å²) >= 11 is -0.233. The van der Waals surface area contributed by atoms with Crippen molar-refractivity contribution in [2.24, 2.45) is 0 Å². The van der Waals surface area contributed by atoms with Crippen LogP contribution < -0.4 is 30.7 Å². The molecule has 0 atom stereocenters. The van der Waals surface area contributed by atoms with Crippen molar-refractivity contribution < 1.29 is 40.2 Å². The lowest BCUT2D eigenvalue weighted by Crippen LogP contribution is -3.61. The third-order valence-corrected chi connectivity index (χ3v) is 10.4. The first-order valence-corrected chi connectivity index (χ1v) is 15.7. The van der Waals surface area contributed by atoms with Gasteiger partial charge >= 0.3 is 27.2 Å². The molecule has 0 bridgehead atoms. The van der Waals surface area contributed by atoms with Crippen LogP contribution in [-0.2, 0) is 21.6 Å². The van der Waals surface area contributed by atoms with Crippen LogP contribution >= 0.6 is 0 Å². The molecule has 0 spiro atoms. The lowest BCUT2D eigenvalue weighted by Gasteiger charge is -2.27. The Kier molecular flexibility index (Phi) is 9.40. The Morgan fingerprint density at radius 1 is 0.895 bits per heavy atom. The van der Waals surface area contributed by atoms with Gasteiger partial charge in [-0.15, -0.1) is 0 Å². The van der Waals surface area contributed by atoms with Crippen molar-refractivity contribution in [2.45, 2.75) is 84.3 Å². The second-order valence-electron chi connectivity index (χ2n) is 11.2. The number of esters is 1. The van der Waals surface area contributed by atoms with E-state index >= 15 is 0 Å². The van der Waals surface area contributed by atoms with Crippen LogP contribution in [0, 0.1) is 14.1 Å². The van der Waals surface area contributed by atoms with Gasteiger partial charge in [0.05, 0.1) is 0 Å². The summed E-state index contributed by atoms with van der Waals surface area (Å²) in [5, 5.41) is 0. The molecule has 5 heteroatoms. The molecule has 1 aliphatic rings. The standard InChI is InChI=1S/C33H40IO4/c1-6-33(19-7-8-20-33)38-31(35)23-37-28-15-9-25(10-16-28)22-36-29-17-18-30(24(2)21-29)34-27-13-11-26(12-14-27)32(3,4)5/h9-18,21H,6-8,19-20,22-23H2,1-5H3/q+1. The molecule has 1 saturated carbocycles. The zero-order valence-corrected chi connectivity index (χ0v) is 25.5. The summed E-state index contributed by atoms with van der Waals surface area (Å²) in [6.07, 6.45) is 5.03. The first-order valence-electron chi connectivity index (χ1n) is 13.6. The molecule has 0 saturated heterocycles. The second-order valence-corrected chi connectivity index (χ2v) is 14.1. The van der Waals surface area contributed by atoms with E-state index in [-0.39, 0.29) is 44.8 Å². The van der Waals surface area contributed by atoms with Crippen LogP contribution in [0.15, 0.2) is 66.7 Å². The summed E-state index contributed by atoms with van der Waals surface area (Å²) in [4.78, 5) is 12.3. The van der Waals surface area contributed by atoms with Crippen molar-refractivity contribution in [3.8, 4) is 11.5 Å². The summed E-state index contributed by atoms with van der Waals surface area (Å²) in [7, 11) is 0. The fourth-order valence-corrected chi connectivity index (χ4v) is 7.08. The van der Waals surface area contributed by atoms with E-state index in [0.29, 0.717) is 12.4 Å². The molecule has 0 heterocycles. The molecule has 0 radical (unpaired) electrons. The van der Waals surface area contributed by atoms with Crippen LogP contribution in [-0.4, -0.2) is 18.2 Å². The molecule has 0 aliphatic heterocycles. The lowest BCUT2D eigenvalue weighted by molar-refractivity contribution is -0.598. The lowest BCUT2D eigenvalue weighted by atomic mass is 9.87. The minimum Gasteiger partial charge on any atom is -0.489 e. The van der Waals surface area contributed by atoms with Gasteiger partial charge in [-0.1, -0.05) is 52.0 Å². The summed E-state index contributed by atoms with van der Waals surface area (Å²) < 4.78 is 20.3. The van der Waals surface area contributed by atoms with E-state index in [0.717, 1.165) is 43.4 Å². The zero-order valence-electron chi connectivity index (χ0n) is 23.3. The molecule has 3 aromatic rings. The smallest absolute Gasteiger partial charge is 0.358 e. The molecule has 0 N–H and O–H groups in total. The predicted octanol–water partition coefficient (Wildman–Crippen LogP) is 4.64. The third-order valence-electron chi connectivity index (χ3n) is 7.23. The number of hydrogen-bond acceptors (Lipinski definition) is 4. The quantitative estimate of drug-likeness (QED) is 0.243. The highest BCUT2D eigenvalue weighted by molar-refractivity contribution is 5.71. The van der Waals surface area contributed by atoms with Crippen LogP contribution in [0.1, 0.15) is 76.5 Å². The van der Waals surface area contributed by atoms with Gasteiger partial charge in [0.2, 0.25) is 0 Å². The fraction of sp³-hybridized carbons (Fsp3) is 0.424. The Hall–Kier alpha value is -2.54. The van der Waals surface area contributed by atoms with E-state index in [1.165, 1.54) is 18.3 Å². The topological polar surface area (TPSA) is 44.8 Å². The first-order chi connectivity index (χ1) is 18.2. The molecule has 202 valence electrons. The number of benzene rings is 3. The highest BCUT2D eigenvalue weighted by atomic mass is 127. The molecule has 0 unspecified atom stereocenters. The van der Waals surface area contributed by atoms with E-state index in [9.17, 15) is 4.79 Å². The van der Waals surface area contributed by atoms with Gasteiger partial charge in [-0.2, -0.15) is 0 Å². The van der Waals surface area contributed by atoms with E-state index in [1.54, 1.807) is 0 Å². The molecule has 4 rings (SSSR count). The van der Waals surface area contributed by atoms with Crippen LogP contribution in [0.25, 0.3) is 0 Å². The number of hydrogen-bond donors (Lipinski definition) is 0. The molecule has 1 fully saturated rings. The molecule has 0 amide bonds. The zero-order chi connectivity index (χ0) is 27.2. The summed E-state index contributed by atoms with van der Waals surface area (Å²) in [5.41, 5.74) is 3.59. The Morgan fingerprint density at radius 2 is 1.55 bits per heavy atom. The Morgan fingerprint density at radius 3 is 2.16 bits per heavy atom. The van der Waals surface area contributed by atoms with Gasteiger partial charge in [0.1, 0.15) is 23.7 Å². The maximum Gasteiger partial charge on any atom is 0.358 e. The normalized spacial score (nSPS) is 14.8. The molecule has 4 nitrogen and oxygen atoms in total. The van der Waals surface area contributed by atoms with Crippen LogP contribution in [0.5, 0.6) is 11.5 Å². The van der Waals surface area contributed by atoms with Crippen LogP contribution in [0.4, 0.5) is 0 Å². The number of carbonyl (C=O) groups excluding carboxylic acids is 1. The minimum absolute atomic E-state index is 0.0629. The van der Waals surface area contributed by atoms with Gasteiger partial charge in [-0.05, 0) is 98.0 Å². The van der Waals surface area contributed by atoms with Crippen LogP contribution in [0.3, 0.4) is 0 Å². The molecule has 38 heavy (non-hydrogen) atoms. The van der Waals surface area contributed by atoms with Gasteiger partial charge < -0.3 is 14.2 Å². The number of rotatable bonds is 10. The molecule has 1 aliphatic carbocycles. The van der Waals surface area contributed by atoms with Gasteiger partial charge in [-0.25, -0.2) is 4.79 Å². The van der Waals surface area contributed by atoms with Gasteiger partial charge in [0.15, 0.2) is 13.7 Å². The van der Waals surface area contributed by atoms with E-state index in [4.69, 9.17) is 14.2 Å². The number of halogens is 1. The minimum atomic E-state index is -0.288. The van der Waals surface area contributed by atoms with Gasteiger partial charge in [-0.3, -0.25) is 0 Å². The fourth-order valence-electron chi connectivity index (χ4n) is 4.75. The average Bonchev–Trinajstić information content (AvgIpc) is 3.37. The van der Waals surface area contributed by atoms with Crippen molar-refractivity contribution >= 4 is 5.97 Å². The first kappa shape index (κ1) is 28.5. The SMILES string of the molecule is CCC1(OC(=O)COc2ccc(COc3ccc([I+]c4ccc(C(C)(C)C)cc4)c(C)c3)cc2)CCCC1. The monoisotopic (exact) mass is 627 g/mol. The summed E-state index contributed by atoms with van der Waals surface area (Å²) in [6.45, 7) is 11.4. The Balaban J connectivity index is 1.25. The van der Waals surface area contributed by atoms with Crippen molar-refractivity contribution in [2.75, 3.05) is 6.61 Å². The largest absolute Gasteiger partial charge is 0.489 e. The Bertz CT molecular complexity index is 1200. The number of ether oxygens (including phenoxy) is 3. The predicted molar refractivity (Wildman–Crippen MR) is 148 cm³/mol. The maximum absolute atomic E-state index is 12.3.